The lowest BCUT2D eigenvalue weighted by molar-refractivity contribution is -0.384. The van der Waals surface area contributed by atoms with Gasteiger partial charge >= 0.3 is 5.97 Å². The minimum atomic E-state index is -1.26. The molecule has 0 aliphatic rings. The van der Waals surface area contributed by atoms with Gasteiger partial charge in [0.1, 0.15) is 11.3 Å². The molecule has 0 fully saturated rings. The Morgan fingerprint density at radius 1 is 1.17 bits per heavy atom. The van der Waals surface area contributed by atoms with E-state index < -0.39 is 28.3 Å². The van der Waals surface area contributed by atoms with Crippen LogP contribution in [-0.2, 0) is 9.53 Å². The molecule has 1 atom stereocenters. The van der Waals surface area contributed by atoms with Gasteiger partial charge in [-0.05, 0) is 25.1 Å². The Hall–Kier alpha value is -4.21. The van der Waals surface area contributed by atoms with Gasteiger partial charge in [0.25, 0.3) is 11.6 Å². The molecule has 0 saturated carbocycles. The van der Waals surface area contributed by atoms with Gasteiger partial charge in [0.05, 0.1) is 29.2 Å². The van der Waals surface area contributed by atoms with Crippen LogP contribution in [0.5, 0.6) is 5.75 Å². The van der Waals surface area contributed by atoms with E-state index in [0.717, 1.165) is 12.1 Å². The average Bonchev–Trinajstić information content (AvgIpc) is 2.73. The van der Waals surface area contributed by atoms with Gasteiger partial charge in [-0.3, -0.25) is 19.7 Å². The molecule has 2 aromatic carbocycles. The number of carbonyl (C=O) groups excluding carboxylic acids is 2. The van der Waals surface area contributed by atoms with Gasteiger partial charge in [-0.25, -0.2) is 4.79 Å². The summed E-state index contributed by atoms with van der Waals surface area (Å²) in [5.74, 6) is -1.97. The van der Waals surface area contributed by atoms with Crippen molar-refractivity contribution in [1.29, 1.82) is 0 Å². The van der Waals surface area contributed by atoms with E-state index in [4.69, 9.17) is 13.9 Å². The Balaban J connectivity index is 1.74. The molecule has 10 heteroatoms. The molecule has 154 valence electrons. The Morgan fingerprint density at radius 3 is 2.60 bits per heavy atom. The van der Waals surface area contributed by atoms with Crippen LogP contribution in [0.15, 0.2) is 57.7 Å². The number of para-hydroxylation sites is 1. The molecule has 0 radical (unpaired) electrons. The lowest BCUT2D eigenvalue weighted by Gasteiger charge is -2.15. The smallest absolute Gasteiger partial charge is 0.375 e. The van der Waals surface area contributed by atoms with Gasteiger partial charge in [0.15, 0.2) is 11.5 Å². The maximum Gasteiger partial charge on any atom is 0.375 e. The van der Waals surface area contributed by atoms with Crippen LogP contribution in [0.2, 0.25) is 0 Å². The number of nitrogens with zero attached hydrogens (tertiary/aromatic N) is 1. The predicted molar refractivity (Wildman–Crippen MR) is 106 cm³/mol. The topological polar surface area (TPSA) is 138 Å². The Kier molecular flexibility index (Phi) is 5.77. The highest BCUT2D eigenvalue weighted by atomic mass is 16.6. The number of rotatable bonds is 6. The fourth-order valence-corrected chi connectivity index (χ4v) is 2.61. The molecule has 3 rings (SSSR count). The SMILES string of the molecule is COc1cc([N+](=O)[O-])ccc1NC(=O)[C@@H](C)OC(=O)c1cc(=O)c2ccccc2o1. The Morgan fingerprint density at radius 2 is 1.90 bits per heavy atom. The lowest BCUT2D eigenvalue weighted by atomic mass is 10.2. The van der Waals surface area contributed by atoms with Gasteiger partial charge in [0, 0.05) is 12.1 Å². The molecule has 30 heavy (non-hydrogen) atoms. The van der Waals surface area contributed by atoms with E-state index in [0.29, 0.717) is 5.39 Å². The Labute approximate surface area is 169 Å². The third-order valence-electron chi connectivity index (χ3n) is 4.14. The fraction of sp³-hybridized carbons (Fsp3) is 0.150. The van der Waals surface area contributed by atoms with Crippen LogP contribution < -0.4 is 15.5 Å². The molecule has 1 aromatic heterocycles. The largest absolute Gasteiger partial charge is 0.494 e. The van der Waals surface area contributed by atoms with E-state index in [-0.39, 0.29) is 28.5 Å². The molecule has 10 nitrogen and oxygen atoms in total. The number of benzene rings is 2. The van der Waals surface area contributed by atoms with Crippen molar-refractivity contribution >= 4 is 34.2 Å². The summed E-state index contributed by atoms with van der Waals surface area (Å²) >= 11 is 0. The van der Waals surface area contributed by atoms with Crippen LogP contribution in [0, 0.1) is 10.1 Å². The number of nitro groups is 1. The fourth-order valence-electron chi connectivity index (χ4n) is 2.61. The zero-order valence-corrected chi connectivity index (χ0v) is 15.9. The van der Waals surface area contributed by atoms with Crippen LogP contribution in [-0.4, -0.2) is 30.0 Å². The van der Waals surface area contributed by atoms with E-state index in [2.05, 4.69) is 5.32 Å². The number of nitrogens with one attached hydrogen (secondary N) is 1. The normalized spacial score (nSPS) is 11.5. The summed E-state index contributed by atoms with van der Waals surface area (Å²) in [5.41, 5.74) is -0.259. The van der Waals surface area contributed by atoms with Crippen LogP contribution in [0.25, 0.3) is 11.0 Å². The van der Waals surface area contributed by atoms with Crippen molar-refractivity contribution < 1.29 is 28.4 Å². The molecule has 1 N–H and O–H groups in total. The first-order valence-corrected chi connectivity index (χ1v) is 8.67. The Bertz CT molecular complexity index is 1200. The zero-order chi connectivity index (χ0) is 21.8. The average molecular weight is 412 g/mol. The lowest BCUT2D eigenvalue weighted by Crippen LogP contribution is -2.30. The molecule has 1 amide bonds. The van der Waals surface area contributed by atoms with E-state index in [1.807, 2.05) is 0 Å². The van der Waals surface area contributed by atoms with Crippen molar-refractivity contribution in [3.63, 3.8) is 0 Å². The standard InChI is InChI=1S/C20H16N2O8/c1-11(19(24)21-14-8-7-12(22(26)27)9-17(14)28-2)29-20(25)18-10-15(23)13-5-3-4-6-16(13)30-18/h3-11H,1-2H3,(H,21,24)/t11-/m1/s1. The number of esters is 1. The summed E-state index contributed by atoms with van der Waals surface area (Å²) in [6.45, 7) is 1.32. The molecule has 0 bridgehead atoms. The molecule has 0 spiro atoms. The first-order chi connectivity index (χ1) is 14.3. The molecule has 0 aliphatic heterocycles. The number of fused-ring (bicyclic) bond motifs is 1. The summed E-state index contributed by atoms with van der Waals surface area (Å²) in [4.78, 5) is 47.0. The van der Waals surface area contributed by atoms with Crippen molar-refractivity contribution in [2.45, 2.75) is 13.0 Å². The molecule has 0 saturated heterocycles. The van der Waals surface area contributed by atoms with Crippen molar-refractivity contribution in [1.82, 2.24) is 0 Å². The first-order valence-electron chi connectivity index (χ1n) is 8.67. The van der Waals surface area contributed by atoms with E-state index in [1.54, 1.807) is 18.2 Å². The second kappa shape index (κ2) is 8.43. The maximum absolute atomic E-state index is 12.4. The number of methoxy groups -OCH3 is 1. The van der Waals surface area contributed by atoms with Crippen LogP contribution in [0.1, 0.15) is 17.5 Å². The summed E-state index contributed by atoms with van der Waals surface area (Å²) in [6.07, 6.45) is -1.26. The minimum Gasteiger partial charge on any atom is -0.494 e. The number of amides is 1. The molecule has 0 unspecified atom stereocenters. The van der Waals surface area contributed by atoms with Gasteiger partial charge in [0.2, 0.25) is 5.76 Å². The molecule has 0 aliphatic carbocycles. The highest BCUT2D eigenvalue weighted by molar-refractivity contribution is 5.98. The predicted octanol–water partition coefficient (Wildman–Crippen LogP) is 2.89. The maximum atomic E-state index is 12.4. The number of carbonyl (C=O) groups is 2. The van der Waals surface area contributed by atoms with E-state index in [1.165, 1.54) is 32.2 Å². The third-order valence-corrected chi connectivity index (χ3v) is 4.14. The number of hydrogen-bond donors (Lipinski definition) is 1. The monoisotopic (exact) mass is 412 g/mol. The van der Waals surface area contributed by atoms with Gasteiger partial charge in [-0.1, -0.05) is 12.1 Å². The summed E-state index contributed by atoms with van der Waals surface area (Å²) in [7, 11) is 1.29. The second-order valence-corrected chi connectivity index (χ2v) is 6.15. The van der Waals surface area contributed by atoms with Crippen molar-refractivity contribution in [2.24, 2.45) is 0 Å². The van der Waals surface area contributed by atoms with E-state index in [9.17, 15) is 24.5 Å². The van der Waals surface area contributed by atoms with Gasteiger partial charge in [-0.15, -0.1) is 0 Å². The van der Waals surface area contributed by atoms with E-state index >= 15 is 0 Å². The number of hydrogen-bond acceptors (Lipinski definition) is 8. The van der Waals surface area contributed by atoms with Crippen molar-refractivity contribution in [3.8, 4) is 5.75 Å². The summed E-state index contributed by atoms with van der Waals surface area (Å²) in [5, 5.41) is 13.6. The highest BCUT2D eigenvalue weighted by Crippen LogP contribution is 2.29. The highest BCUT2D eigenvalue weighted by Gasteiger charge is 2.23. The third kappa shape index (κ3) is 4.27. The number of ether oxygens (including phenoxy) is 2. The summed E-state index contributed by atoms with van der Waals surface area (Å²) in [6, 6.07) is 11.0. The second-order valence-electron chi connectivity index (χ2n) is 6.15. The zero-order valence-electron chi connectivity index (χ0n) is 15.9. The van der Waals surface area contributed by atoms with Crippen LogP contribution in [0.3, 0.4) is 0 Å². The quantitative estimate of drug-likeness (QED) is 0.370. The van der Waals surface area contributed by atoms with Crippen LogP contribution >= 0.6 is 0 Å². The van der Waals surface area contributed by atoms with Crippen molar-refractivity contribution in [3.05, 3.63) is 74.6 Å². The number of nitro benzene ring substituents is 1. The summed E-state index contributed by atoms with van der Waals surface area (Å²) < 4.78 is 15.5. The van der Waals surface area contributed by atoms with Crippen molar-refractivity contribution in [2.75, 3.05) is 12.4 Å². The molecule has 1 heterocycles. The van der Waals surface area contributed by atoms with Gasteiger partial charge < -0.3 is 19.2 Å². The number of anilines is 1. The van der Waals surface area contributed by atoms with Gasteiger partial charge in [-0.2, -0.15) is 0 Å². The number of non-ortho nitro benzene ring substituents is 1. The van der Waals surface area contributed by atoms with Crippen LogP contribution in [0.4, 0.5) is 11.4 Å². The first kappa shape index (κ1) is 20.5. The molecular formula is C20H16N2O8. The minimum absolute atomic E-state index is 0.0663. The molecular weight excluding hydrogens is 396 g/mol. The molecule has 3 aromatic rings.